The Morgan fingerprint density at radius 3 is 2.80 bits per heavy atom. The number of hydrogen-bond donors (Lipinski definition) is 1. The van der Waals surface area contributed by atoms with Gasteiger partial charge in [-0.15, -0.1) is 11.3 Å². The summed E-state index contributed by atoms with van der Waals surface area (Å²) in [6.07, 6.45) is 1.55. The molecule has 0 spiro atoms. The lowest BCUT2D eigenvalue weighted by Gasteiger charge is -2.17. The maximum absolute atomic E-state index is 6.04. The molecule has 0 radical (unpaired) electrons. The molecule has 0 amide bonds. The summed E-state index contributed by atoms with van der Waals surface area (Å²) in [5.74, 6) is 0.739. The second-order valence-electron chi connectivity index (χ2n) is 4.32. The van der Waals surface area contributed by atoms with Crippen LogP contribution in [0.15, 0.2) is 48.7 Å². The van der Waals surface area contributed by atoms with Crippen molar-refractivity contribution >= 4 is 33.8 Å². The molecule has 0 aliphatic rings. The Morgan fingerprint density at radius 2 is 2.05 bits per heavy atom. The zero-order valence-electron chi connectivity index (χ0n) is 10.6. The lowest BCUT2D eigenvalue weighted by molar-refractivity contribution is 0.220. The van der Waals surface area contributed by atoms with E-state index >= 15 is 0 Å². The average Bonchev–Trinajstić information content (AvgIpc) is 2.91. The Hall–Kier alpha value is -1.62. The Bertz CT molecular complexity index is 723. The minimum Gasteiger partial charge on any atom is -0.481 e. The van der Waals surface area contributed by atoms with Crippen molar-refractivity contribution in [2.24, 2.45) is 5.73 Å². The van der Waals surface area contributed by atoms with Crippen LogP contribution < -0.4 is 10.5 Å². The minimum atomic E-state index is -0.208. The van der Waals surface area contributed by atoms with Crippen LogP contribution in [-0.2, 0) is 0 Å². The van der Waals surface area contributed by atoms with Crippen molar-refractivity contribution in [1.82, 2.24) is 4.98 Å². The van der Waals surface area contributed by atoms with Gasteiger partial charge in [-0.05, 0) is 24.3 Å². The van der Waals surface area contributed by atoms with Crippen LogP contribution in [0.1, 0.15) is 11.0 Å². The van der Waals surface area contributed by atoms with Gasteiger partial charge in [-0.3, -0.25) is 4.98 Å². The summed E-state index contributed by atoms with van der Waals surface area (Å²) in [6, 6.07) is 13.6. The van der Waals surface area contributed by atoms with Crippen molar-refractivity contribution in [2.45, 2.75) is 6.10 Å². The van der Waals surface area contributed by atoms with Gasteiger partial charge in [0.1, 0.15) is 17.4 Å². The maximum Gasteiger partial charge on any atom is 0.146 e. The van der Waals surface area contributed by atoms with Crippen LogP contribution in [-0.4, -0.2) is 11.5 Å². The molecule has 2 aromatic heterocycles. The molecular formula is C15H13ClN2OS. The maximum atomic E-state index is 6.04. The van der Waals surface area contributed by atoms with E-state index in [2.05, 4.69) is 4.98 Å². The molecule has 3 aromatic rings. The van der Waals surface area contributed by atoms with Crippen LogP contribution >= 0.6 is 22.9 Å². The molecule has 1 atom stereocenters. The summed E-state index contributed by atoms with van der Waals surface area (Å²) in [6.45, 7) is 0.389. The van der Waals surface area contributed by atoms with E-state index in [1.54, 1.807) is 6.20 Å². The topological polar surface area (TPSA) is 48.1 Å². The van der Waals surface area contributed by atoms with Crippen LogP contribution in [0.2, 0.25) is 4.34 Å². The van der Waals surface area contributed by atoms with E-state index in [0.717, 1.165) is 25.9 Å². The number of hydrogen-bond acceptors (Lipinski definition) is 4. The van der Waals surface area contributed by atoms with Crippen molar-refractivity contribution in [1.29, 1.82) is 0 Å². The van der Waals surface area contributed by atoms with E-state index in [0.29, 0.717) is 6.54 Å². The summed E-state index contributed by atoms with van der Waals surface area (Å²) >= 11 is 7.45. The van der Waals surface area contributed by atoms with Gasteiger partial charge in [0.05, 0.1) is 4.34 Å². The first-order valence-electron chi connectivity index (χ1n) is 6.23. The van der Waals surface area contributed by atoms with Crippen molar-refractivity contribution in [2.75, 3.05) is 6.54 Å². The van der Waals surface area contributed by atoms with Crippen molar-refractivity contribution in [3.8, 4) is 5.75 Å². The van der Waals surface area contributed by atoms with E-state index in [1.807, 2.05) is 42.5 Å². The van der Waals surface area contributed by atoms with Gasteiger partial charge >= 0.3 is 0 Å². The summed E-state index contributed by atoms with van der Waals surface area (Å²) in [7, 11) is 0. The first kappa shape index (κ1) is 13.4. The number of ether oxygens (including phenoxy) is 1. The predicted molar refractivity (Wildman–Crippen MR) is 83.5 cm³/mol. The fraction of sp³-hybridized carbons (Fsp3) is 0.133. The lowest BCUT2D eigenvalue weighted by Crippen LogP contribution is -2.17. The molecule has 0 aliphatic carbocycles. The largest absolute Gasteiger partial charge is 0.481 e. The van der Waals surface area contributed by atoms with Gasteiger partial charge in [0.25, 0.3) is 0 Å². The molecule has 0 aliphatic heterocycles. The molecule has 20 heavy (non-hydrogen) atoms. The predicted octanol–water partition coefficient (Wildman–Crippen LogP) is 4.03. The van der Waals surface area contributed by atoms with E-state index in [4.69, 9.17) is 22.1 Å². The van der Waals surface area contributed by atoms with Crippen LogP contribution in [0.3, 0.4) is 0 Å². The van der Waals surface area contributed by atoms with E-state index in [9.17, 15) is 0 Å². The summed E-state index contributed by atoms with van der Waals surface area (Å²) in [5, 5.41) is 1.05. The van der Waals surface area contributed by atoms with Gasteiger partial charge in [-0.25, -0.2) is 0 Å². The fourth-order valence-electron chi connectivity index (χ4n) is 2.05. The molecule has 0 saturated heterocycles. The highest BCUT2D eigenvalue weighted by atomic mass is 35.5. The molecule has 1 unspecified atom stereocenters. The molecule has 2 heterocycles. The molecule has 1 aromatic carbocycles. The Morgan fingerprint density at radius 1 is 1.20 bits per heavy atom. The molecule has 3 rings (SSSR count). The molecule has 5 heteroatoms. The molecule has 0 fully saturated rings. The second-order valence-corrected chi connectivity index (χ2v) is 6.06. The third-order valence-electron chi connectivity index (χ3n) is 2.99. The molecule has 3 nitrogen and oxygen atoms in total. The van der Waals surface area contributed by atoms with Gasteiger partial charge in [0.15, 0.2) is 0 Å². The number of aromatic nitrogens is 1. The number of nitrogens with zero attached hydrogens (tertiary/aromatic N) is 1. The summed E-state index contributed by atoms with van der Waals surface area (Å²) < 4.78 is 6.77. The van der Waals surface area contributed by atoms with Gasteiger partial charge in [-0.1, -0.05) is 29.8 Å². The van der Waals surface area contributed by atoms with Crippen LogP contribution in [0.25, 0.3) is 10.9 Å². The minimum absolute atomic E-state index is 0.208. The third-order valence-corrected chi connectivity index (χ3v) is 4.31. The van der Waals surface area contributed by atoms with Crippen molar-refractivity contribution in [3.63, 3.8) is 0 Å². The fourth-order valence-corrected chi connectivity index (χ4v) is 3.15. The number of para-hydroxylation sites is 1. The number of halogens is 1. The van der Waals surface area contributed by atoms with E-state index < -0.39 is 0 Å². The molecular weight excluding hydrogens is 292 g/mol. The van der Waals surface area contributed by atoms with Crippen molar-refractivity contribution in [3.05, 3.63) is 57.9 Å². The van der Waals surface area contributed by atoms with Crippen molar-refractivity contribution < 1.29 is 4.74 Å². The highest BCUT2D eigenvalue weighted by Gasteiger charge is 2.15. The number of nitrogens with two attached hydrogens (primary N) is 1. The van der Waals surface area contributed by atoms with Gasteiger partial charge in [0.2, 0.25) is 0 Å². The van der Waals surface area contributed by atoms with Gasteiger partial charge in [0, 0.05) is 23.0 Å². The van der Waals surface area contributed by atoms with E-state index in [1.165, 1.54) is 11.3 Å². The quantitative estimate of drug-likeness (QED) is 0.791. The second kappa shape index (κ2) is 5.79. The number of fused-ring (bicyclic) bond motifs is 1. The Labute approximate surface area is 126 Å². The monoisotopic (exact) mass is 304 g/mol. The normalized spacial score (nSPS) is 12.5. The first-order chi connectivity index (χ1) is 9.78. The average molecular weight is 305 g/mol. The molecule has 0 bridgehead atoms. The SMILES string of the molecule is NCC(Oc1cccc2cccnc12)c1ccc(Cl)s1. The molecule has 0 saturated carbocycles. The highest BCUT2D eigenvalue weighted by molar-refractivity contribution is 7.16. The summed E-state index contributed by atoms with van der Waals surface area (Å²) in [4.78, 5) is 5.40. The number of pyridine rings is 1. The zero-order valence-corrected chi connectivity index (χ0v) is 12.2. The Balaban J connectivity index is 1.95. The third kappa shape index (κ3) is 2.63. The lowest BCUT2D eigenvalue weighted by atomic mass is 10.2. The Kier molecular flexibility index (Phi) is 3.87. The number of thiophene rings is 1. The van der Waals surface area contributed by atoms with Gasteiger partial charge < -0.3 is 10.5 Å². The van der Waals surface area contributed by atoms with Crippen LogP contribution in [0, 0.1) is 0 Å². The molecule has 2 N–H and O–H groups in total. The highest BCUT2D eigenvalue weighted by Crippen LogP contribution is 2.32. The number of benzene rings is 1. The summed E-state index contributed by atoms with van der Waals surface area (Å²) in [5.41, 5.74) is 6.67. The van der Waals surface area contributed by atoms with Crippen LogP contribution in [0.4, 0.5) is 0 Å². The van der Waals surface area contributed by atoms with Crippen LogP contribution in [0.5, 0.6) is 5.75 Å². The molecule has 102 valence electrons. The number of rotatable bonds is 4. The zero-order chi connectivity index (χ0) is 13.9. The standard InChI is InChI=1S/C15H13ClN2OS/c16-14-7-6-13(20-14)12(9-17)19-11-5-1-3-10-4-2-8-18-15(10)11/h1-8,12H,9,17H2. The smallest absolute Gasteiger partial charge is 0.146 e. The van der Waals surface area contributed by atoms with Gasteiger partial charge in [-0.2, -0.15) is 0 Å². The first-order valence-corrected chi connectivity index (χ1v) is 7.43. The van der Waals surface area contributed by atoms with E-state index in [-0.39, 0.29) is 6.10 Å².